The maximum atomic E-state index is 12.2. The Morgan fingerprint density at radius 1 is 1.15 bits per heavy atom. The Balaban J connectivity index is 1.59. The van der Waals surface area contributed by atoms with Crippen LogP contribution in [0.4, 0.5) is 5.82 Å². The quantitative estimate of drug-likeness (QED) is 0.430. The summed E-state index contributed by atoms with van der Waals surface area (Å²) in [6.07, 6.45) is 1.46. The van der Waals surface area contributed by atoms with E-state index in [-0.39, 0.29) is 18.1 Å². The van der Waals surface area contributed by atoms with E-state index in [9.17, 15) is 14.9 Å². The number of nitrogens with one attached hydrogen (secondary N) is 1. The molecule has 4 aromatic rings. The monoisotopic (exact) mass is 363 g/mol. The lowest BCUT2D eigenvalue weighted by atomic mass is 10.2. The third-order valence-electron chi connectivity index (χ3n) is 3.90. The van der Waals surface area contributed by atoms with Crippen LogP contribution in [0.3, 0.4) is 0 Å². The summed E-state index contributed by atoms with van der Waals surface area (Å²) in [6, 6.07) is 15.4. The topological polar surface area (TPSA) is 116 Å². The fourth-order valence-electron chi connectivity index (χ4n) is 2.62. The average molecular weight is 363 g/mol. The molecule has 0 aliphatic carbocycles. The van der Waals surface area contributed by atoms with Crippen LogP contribution in [0.25, 0.3) is 22.3 Å². The predicted octanol–water partition coefficient (Wildman–Crippen LogP) is 2.73. The fraction of sp³-hybridized carbons (Fsp3) is 0.0556. The molecule has 0 radical (unpaired) electrons. The van der Waals surface area contributed by atoms with Gasteiger partial charge in [-0.3, -0.25) is 4.79 Å². The van der Waals surface area contributed by atoms with E-state index in [1.807, 2.05) is 6.07 Å². The molecule has 0 saturated heterocycles. The molecule has 0 unspecified atom stereocenters. The first kappa shape index (κ1) is 16.5. The van der Waals surface area contributed by atoms with E-state index in [0.29, 0.717) is 28.0 Å². The van der Waals surface area contributed by atoms with Gasteiger partial charge >= 0.3 is 5.82 Å². The molecule has 27 heavy (non-hydrogen) atoms. The molecule has 1 N–H and O–H groups in total. The number of fused-ring (bicyclic) bond motifs is 1. The summed E-state index contributed by atoms with van der Waals surface area (Å²) < 4.78 is 6.94. The molecule has 0 aliphatic rings. The minimum atomic E-state index is -0.571. The van der Waals surface area contributed by atoms with Crippen LogP contribution in [0.15, 0.2) is 65.6 Å². The van der Waals surface area contributed by atoms with E-state index in [1.54, 1.807) is 42.5 Å². The standard InChI is InChI=1S/C18H13N5O4/c24-18-14-6-1-2-7-15(14)19-17(20-18)12-4-3-5-13(10-12)27-11-22-9-8-16(21-22)23(25)26/h1-10H,11H2,(H,19,20,24). The number of aromatic nitrogens is 4. The zero-order valence-corrected chi connectivity index (χ0v) is 13.9. The number of para-hydroxylation sites is 1. The molecule has 0 atom stereocenters. The van der Waals surface area contributed by atoms with Gasteiger partial charge in [0, 0.05) is 5.56 Å². The highest BCUT2D eigenvalue weighted by Crippen LogP contribution is 2.22. The Morgan fingerprint density at radius 3 is 2.81 bits per heavy atom. The van der Waals surface area contributed by atoms with Crippen molar-refractivity contribution in [3.05, 3.63) is 81.3 Å². The normalized spacial score (nSPS) is 10.8. The summed E-state index contributed by atoms with van der Waals surface area (Å²) in [5.41, 5.74) is 1.07. The Hall–Kier alpha value is -4.01. The molecular weight excluding hydrogens is 350 g/mol. The van der Waals surface area contributed by atoms with Gasteiger partial charge in [-0.1, -0.05) is 24.3 Å². The minimum Gasteiger partial charge on any atom is -0.469 e. The molecule has 0 saturated carbocycles. The molecule has 9 nitrogen and oxygen atoms in total. The number of aromatic amines is 1. The molecule has 134 valence electrons. The molecule has 2 heterocycles. The molecular formula is C18H13N5O4. The van der Waals surface area contributed by atoms with E-state index < -0.39 is 4.92 Å². The van der Waals surface area contributed by atoms with Crippen molar-refractivity contribution in [3.63, 3.8) is 0 Å². The molecule has 0 aliphatic heterocycles. The van der Waals surface area contributed by atoms with Gasteiger partial charge in [-0.2, -0.15) is 0 Å². The van der Waals surface area contributed by atoms with Crippen molar-refractivity contribution in [3.8, 4) is 17.1 Å². The highest BCUT2D eigenvalue weighted by Gasteiger charge is 2.11. The third kappa shape index (κ3) is 3.38. The number of benzene rings is 2. The van der Waals surface area contributed by atoms with Gasteiger partial charge in [0.25, 0.3) is 5.56 Å². The number of nitrogens with zero attached hydrogens (tertiary/aromatic N) is 4. The fourth-order valence-corrected chi connectivity index (χ4v) is 2.62. The van der Waals surface area contributed by atoms with Gasteiger partial charge < -0.3 is 19.8 Å². The summed E-state index contributed by atoms with van der Waals surface area (Å²) in [4.78, 5) is 29.6. The first-order chi connectivity index (χ1) is 13.1. The number of nitro groups is 1. The Morgan fingerprint density at radius 2 is 2.00 bits per heavy atom. The van der Waals surface area contributed by atoms with Gasteiger partial charge in [-0.25, -0.2) is 4.98 Å². The molecule has 0 amide bonds. The van der Waals surface area contributed by atoms with Crippen LogP contribution in [-0.2, 0) is 6.73 Å². The maximum Gasteiger partial charge on any atom is 0.390 e. The Labute approximate surface area is 152 Å². The second kappa shape index (κ2) is 6.71. The van der Waals surface area contributed by atoms with Crippen LogP contribution in [-0.4, -0.2) is 24.7 Å². The van der Waals surface area contributed by atoms with E-state index >= 15 is 0 Å². The van der Waals surface area contributed by atoms with Crippen molar-refractivity contribution in [2.24, 2.45) is 0 Å². The van der Waals surface area contributed by atoms with Crippen molar-refractivity contribution < 1.29 is 9.66 Å². The lowest BCUT2D eigenvalue weighted by Gasteiger charge is -2.07. The highest BCUT2D eigenvalue weighted by atomic mass is 16.6. The van der Waals surface area contributed by atoms with E-state index in [4.69, 9.17) is 4.74 Å². The smallest absolute Gasteiger partial charge is 0.390 e. The summed E-state index contributed by atoms with van der Waals surface area (Å²) in [7, 11) is 0. The Kier molecular flexibility index (Phi) is 4.09. The van der Waals surface area contributed by atoms with Crippen LogP contribution in [0, 0.1) is 10.1 Å². The number of rotatable bonds is 5. The molecule has 0 spiro atoms. The first-order valence-electron chi connectivity index (χ1n) is 8.00. The van der Waals surface area contributed by atoms with E-state index in [0.717, 1.165) is 0 Å². The molecule has 4 rings (SSSR count). The van der Waals surface area contributed by atoms with Crippen molar-refractivity contribution >= 4 is 16.7 Å². The zero-order valence-electron chi connectivity index (χ0n) is 13.9. The van der Waals surface area contributed by atoms with Gasteiger partial charge in [-0.15, -0.1) is 4.68 Å². The van der Waals surface area contributed by atoms with Crippen molar-refractivity contribution in [1.82, 2.24) is 19.7 Å². The van der Waals surface area contributed by atoms with Gasteiger partial charge in [0.15, 0.2) is 0 Å². The van der Waals surface area contributed by atoms with E-state index in [2.05, 4.69) is 15.1 Å². The lowest BCUT2D eigenvalue weighted by Crippen LogP contribution is -2.09. The number of hydrogen-bond donors (Lipinski definition) is 1. The maximum absolute atomic E-state index is 12.2. The number of hydrogen-bond acceptors (Lipinski definition) is 6. The molecule has 0 fully saturated rings. The van der Waals surface area contributed by atoms with E-state index in [1.165, 1.54) is 16.9 Å². The number of ether oxygens (including phenoxy) is 1. The highest BCUT2D eigenvalue weighted by molar-refractivity contribution is 5.79. The first-order valence-corrected chi connectivity index (χ1v) is 8.00. The molecule has 2 aromatic heterocycles. The van der Waals surface area contributed by atoms with Crippen molar-refractivity contribution in [1.29, 1.82) is 0 Å². The predicted molar refractivity (Wildman–Crippen MR) is 97.3 cm³/mol. The van der Waals surface area contributed by atoms with Gasteiger partial charge in [0.05, 0.1) is 28.3 Å². The molecule has 9 heteroatoms. The molecule has 2 aromatic carbocycles. The van der Waals surface area contributed by atoms with Gasteiger partial charge in [0.1, 0.15) is 11.6 Å². The third-order valence-corrected chi connectivity index (χ3v) is 3.90. The van der Waals surface area contributed by atoms with Crippen LogP contribution in [0.2, 0.25) is 0 Å². The Bertz CT molecular complexity index is 1200. The van der Waals surface area contributed by atoms with Crippen LogP contribution in [0.5, 0.6) is 5.75 Å². The summed E-state index contributed by atoms with van der Waals surface area (Å²) in [5.74, 6) is 0.700. The second-order valence-corrected chi connectivity index (χ2v) is 5.70. The summed E-state index contributed by atoms with van der Waals surface area (Å²) in [5, 5.41) is 15.0. The minimum absolute atomic E-state index is 0.0129. The van der Waals surface area contributed by atoms with Gasteiger partial charge in [0.2, 0.25) is 6.73 Å². The number of H-pyrrole nitrogens is 1. The van der Waals surface area contributed by atoms with Crippen molar-refractivity contribution in [2.45, 2.75) is 6.73 Å². The largest absolute Gasteiger partial charge is 0.469 e. The van der Waals surface area contributed by atoms with Crippen LogP contribution in [0.1, 0.15) is 0 Å². The average Bonchev–Trinajstić information content (AvgIpc) is 3.16. The molecule has 0 bridgehead atoms. The SMILES string of the molecule is O=c1[nH]c(-c2cccc(OCn3ccc([N+](=O)[O-])n3)c2)nc2ccccc12. The lowest BCUT2D eigenvalue weighted by molar-refractivity contribution is -0.389. The van der Waals surface area contributed by atoms with Crippen LogP contribution >= 0.6 is 0 Å². The van der Waals surface area contributed by atoms with Crippen molar-refractivity contribution in [2.75, 3.05) is 0 Å². The second-order valence-electron chi connectivity index (χ2n) is 5.70. The zero-order chi connectivity index (χ0) is 18.8. The summed E-state index contributed by atoms with van der Waals surface area (Å²) in [6.45, 7) is 0.0129. The summed E-state index contributed by atoms with van der Waals surface area (Å²) >= 11 is 0. The van der Waals surface area contributed by atoms with Gasteiger partial charge in [-0.05, 0) is 29.2 Å². The van der Waals surface area contributed by atoms with Crippen LogP contribution < -0.4 is 10.3 Å².